The number of amides is 1. The van der Waals surface area contributed by atoms with Crippen LogP contribution in [0.25, 0.3) is 0 Å². The zero-order valence-electron chi connectivity index (χ0n) is 13.5. The summed E-state index contributed by atoms with van der Waals surface area (Å²) in [5, 5.41) is 6.23. The lowest BCUT2D eigenvalue weighted by atomic mass is 10.2. The molecule has 21 heavy (non-hydrogen) atoms. The summed E-state index contributed by atoms with van der Waals surface area (Å²) in [5.74, 6) is -0.0570. The van der Waals surface area contributed by atoms with Crippen molar-refractivity contribution >= 4 is 11.6 Å². The van der Waals surface area contributed by atoms with Gasteiger partial charge in [0.25, 0.3) is 5.91 Å². The van der Waals surface area contributed by atoms with E-state index in [0.717, 1.165) is 31.6 Å². The highest BCUT2D eigenvalue weighted by molar-refractivity contribution is 5.94. The lowest BCUT2D eigenvalue weighted by Crippen LogP contribution is -2.27. The number of pyridine rings is 1. The summed E-state index contributed by atoms with van der Waals surface area (Å²) in [6.45, 7) is 4.76. The Kier molecular flexibility index (Phi) is 8.43. The molecule has 0 atom stereocenters. The van der Waals surface area contributed by atoms with Gasteiger partial charge in [-0.3, -0.25) is 9.78 Å². The van der Waals surface area contributed by atoms with Crippen molar-refractivity contribution in [3.8, 4) is 0 Å². The summed E-state index contributed by atoms with van der Waals surface area (Å²) in [7, 11) is 4.05. The predicted molar refractivity (Wildman–Crippen MR) is 87.8 cm³/mol. The van der Waals surface area contributed by atoms with Crippen LogP contribution in [0.3, 0.4) is 0 Å². The van der Waals surface area contributed by atoms with Crippen molar-refractivity contribution < 1.29 is 4.79 Å². The molecule has 0 unspecified atom stereocenters. The van der Waals surface area contributed by atoms with E-state index in [9.17, 15) is 4.79 Å². The van der Waals surface area contributed by atoms with Gasteiger partial charge in [-0.05, 0) is 39.5 Å². The number of anilines is 1. The molecule has 1 aromatic rings. The van der Waals surface area contributed by atoms with E-state index in [2.05, 4.69) is 27.4 Å². The average Bonchev–Trinajstić information content (AvgIpc) is 2.48. The smallest absolute Gasteiger partial charge is 0.252 e. The Morgan fingerprint density at radius 3 is 2.71 bits per heavy atom. The maximum atomic E-state index is 12.0. The van der Waals surface area contributed by atoms with E-state index in [1.807, 2.05) is 20.2 Å². The number of carbonyl (C=O) groups excluding carboxylic acids is 1. The SMILES string of the molecule is CCCCCNc1cncc(C(=O)NCCCN(C)C)c1. The summed E-state index contributed by atoms with van der Waals surface area (Å²) in [4.78, 5) is 18.3. The molecule has 1 rings (SSSR count). The van der Waals surface area contributed by atoms with Gasteiger partial charge in [-0.2, -0.15) is 0 Å². The highest BCUT2D eigenvalue weighted by Gasteiger charge is 2.06. The minimum absolute atomic E-state index is 0.0570. The van der Waals surface area contributed by atoms with Crippen LogP contribution < -0.4 is 10.6 Å². The number of rotatable bonds is 10. The van der Waals surface area contributed by atoms with Gasteiger partial charge in [0.1, 0.15) is 0 Å². The molecule has 1 amide bonds. The minimum atomic E-state index is -0.0570. The van der Waals surface area contributed by atoms with Crippen molar-refractivity contribution in [2.45, 2.75) is 32.6 Å². The van der Waals surface area contributed by atoms with Crippen molar-refractivity contribution in [1.29, 1.82) is 0 Å². The van der Waals surface area contributed by atoms with Crippen LogP contribution in [-0.4, -0.2) is 49.5 Å². The molecule has 2 N–H and O–H groups in total. The van der Waals surface area contributed by atoms with Crippen LogP contribution in [0.4, 0.5) is 5.69 Å². The normalized spacial score (nSPS) is 10.7. The predicted octanol–water partition coefficient (Wildman–Crippen LogP) is 2.37. The largest absolute Gasteiger partial charge is 0.384 e. The summed E-state index contributed by atoms with van der Waals surface area (Å²) in [6.07, 6.45) is 7.87. The lowest BCUT2D eigenvalue weighted by Gasteiger charge is -2.10. The Balaban J connectivity index is 2.38. The quantitative estimate of drug-likeness (QED) is 0.650. The highest BCUT2D eigenvalue weighted by Crippen LogP contribution is 2.09. The second-order valence-corrected chi connectivity index (χ2v) is 5.51. The number of hydrogen-bond acceptors (Lipinski definition) is 4. The van der Waals surface area contributed by atoms with Crippen LogP contribution in [-0.2, 0) is 0 Å². The highest BCUT2D eigenvalue weighted by atomic mass is 16.1. The Bertz CT molecular complexity index is 420. The number of unbranched alkanes of at least 4 members (excludes halogenated alkanes) is 2. The van der Waals surface area contributed by atoms with Gasteiger partial charge in [0.15, 0.2) is 0 Å². The van der Waals surface area contributed by atoms with Crippen LogP contribution in [0, 0.1) is 0 Å². The fraction of sp³-hybridized carbons (Fsp3) is 0.625. The Hall–Kier alpha value is -1.62. The molecule has 1 heterocycles. The number of carbonyl (C=O) groups is 1. The first-order valence-corrected chi connectivity index (χ1v) is 7.75. The van der Waals surface area contributed by atoms with Gasteiger partial charge in [0.05, 0.1) is 11.3 Å². The average molecular weight is 292 g/mol. The molecular weight excluding hydrogens is 264 g/mol. The van der Waals surface area contributed by atoms with Crippen LogP contribution in [0.2, 0.25) is 0 Å². The summed E-state index contributed by atoms with van der Waals surface area (Å²) in [5.41, 5.74) is 1.52. The number of nitrogens with zero attached hydrogens (tertiary/aromatic N) is 2. The van der Waals surface area contributed by atoms with Gasteiger partial charge in [-0.25, -0.2) is 0 Å². The molecule has 0 fully saturated rings. The fourth-order valence-corrected chi connectivity index (χ4v) is 1.97. The number of nitrogens with one attached hydrogen (secondary N) is 2. The van der Waals surface area contributed by atoms with Crippen molar-refractivity contribution in [1.82, 2.24) is 15.2 Å². The second-order valence-electron chi connectivity index (χ2n) is 5.51. The Morgan fingerprint density at radius 2 is 2.00 bits per heavy atom. The van der Waals surface area contributed by atoms with Gasteiger partial charge in [0, 0.05) is 25.5 Å². The molecule has 0 aliphatic heterocycles. The van der Waals surface area contributed by atoms with Crippen molar-refractivity contribution in [2.24, 2.45) is 0 Å². The van der Waals surface area contributed by atoms with Gasteiger partial charge in [0.2, 0.25) is 0 Å². The van der Waals surface area contributed by atoms with Gasteiger partial charge < -0.3 is 15.5 Å². The van der Waals surface area contributed by atoms with Crippen LogP contribution >= 0.6 is 0 Å². The van der Waals surface area contributed by atoms with Crippen LogP contribution in [0.1, 0.15) is 43.0 Å². The maximum Gasteiger partial charge on any atom is 0.252 e. The Labute approximate surface area is 128 Å². The molecule has 118 valence electrons. The van der Waals surface area contributed by atoms with Gasteiger partial charge in [-0.15, -0.1) is 0 Å². The van der Waals surface area contributed by atoms with Crippen molar-refractivity contribution in [3.63, 3.8) is 0 Å². The molecule has 0 radical (unpaired) electrons. The molecule has 0 aromatic carbocycles. The molecular formula is C16H28N4O. The molecule has 0 saturated carbocycles. The Morgan fingerprint density at radius 1 is 1.19 bits per heavy atom. The molecule has 0 spiro atoms. The molecule has 1 aromatic heterocycles. The maximum absolute atomic E-state index is 12.0. The molecule has 0 aliphatic carbocycles. The summed E-state index contributed by atoms with van der Waals surface area (Å²) >= 11 is 0. The van der Waals surface area contributed by atoms with E-state index in [1.54, 1.807) is 12.4 Å². The van der Waals surface area contributed by atoms with E-state index in [-0.39, 0.29) is 5.91 Å². The second kappa shape index (κ2) is 10.2. The van der Waals surface area contributed by atoms with Gasteiger partial charge in [-0.1, -0.05) is 19.8 Å². The molecule has 0 bridgehead atoms. The standard InChI is InChI=1S/C16H28N4O/c1-4-5-6-8-18-15-11-14(12-17-13-15)16(21)19-9-7-10-20(2)3/h11-13,18H,4-10H2,1-3H3,(H,19,21). The fourth-order valence-electron chi connectivity index (χ4n) is 1.97. The van der Waals surface area contributed by atoms with E-state index >= 15 is 0 Å². The lowest BCUT2D eigenvalue weighted by molar-refractivity contribution is 0.0952. The first-order chi connectivity index (χ1) is 10.1. The topological polar surface area (TPSA) is 57.3 Å². The first kappa shape index (κ1) is 17.4. The summed E-state index contributed by atoms with van der Waals surface area (Å²) < 4.78 is 0. The van der Waals surface area contributed by atoms with E-state index < -0.39 is 0 Å². The van der Waals surface area contributed by atoms with Gasteiger partial charge >= 0.3 is 0 Å². The molecule has 5 nitrogen and oxygen atoms in total. The van der Waals surface area contributed by atoms with Crippen LogP contribution in [0.5, 0.6) is 0 Å². The molecule has 5 heteroatoms. The number of hydrogen-bond donors (Lipinski definition) is 2. The number of aromatic nitrogens is 1. The monoisotopic (exact) mass is 292 g/mol. The minimum Gasteiger partial charge on any atom is -0.384 e. The van der Waals surface area contributed by atoms with Crippen LogP contribution in [0.15, 0.2) is 18.5 Å². The third-order valence-corrected chi connectivity index (χ3v) is 3.18. The third kappa shape index (κ3) is 7.66. The zero-order valence-corrected chi connectivity index (χ0v) is 13.5. The van der Waals surface area contributed by atoms with Crippen molar-refractivity contribution in [3.05, 3.63) is 24.0 Å². The third-order valence-electron chi connectivity index (χ3n) is 3.18. The molecule has 0 aliphatic rings. The molecule has 0 saturated heterocycles. The zero-order chi connectivity index (χ0) is 15.5. The van der Waals surface area contributed by atoms with E-state index in [4.69, 9.17) is 0 Å². The first-order valence-electron chi connectivity index (χ1n) is 7.75. The van der Waals surface area contributed by atoms with E-state index in [0.29, 0.717) is 12.1 Å². The van der Waals surface area contributed by atoms with Crippen molar-refractivity contribution in [2.75, 3.05) is 39.0 Å². The van der Waals surface area contributed by atoms with E-state index in [1.165, 1.54) is 12.8 Å². The summed E-state index contributed by atoms with van der Waals surface area (Å²) in [6, 6.07) is 1.86.